The van der Waals surface area contributed by atoms with Crippen molar-refractivity contribution in [1.29, 1.82) is 0 Å². The van der Waals surface area contributed by atoms with Crippen molar-refractivity contribution in [3.8, 4) is 0 Å². The van der Waals surface area contributed by atoms with Gasteiger partial charge in [-0.1, -0.05) is 51.6 Å². The van der Waals surface area contributed by atoms with E-state index in [9.17, 15) is 4.79 Å². The van der Waals surface area contributed by atoms with Gasteiger partial charge >= 0.3 is 0 Å². The third-order valence-corrected chi connectivity index (χ3v) is 5.56. The zero-order valence-corrected chi connectivity index (χ0v) is 15.2. The van der Waals surface area contributed by atoms with Crippen LogP contribution in [-0.4, -0.2) is 16.8 Å². The van der Waals surface area contributed by atoms with Gasteiger partial charge in [-0.15, -0.1) is 0 Å². The Bertz CT molecular complexity index is 483. The zero-order chi connectivity index (χ0) is 14.8. The van der Waals surface area contributed by atoms with Gasteiger partial charge in [0.2, 0.25) is 0 Å². The molecule has 2 unspecified atom stereocenters. The first-order chi connectivity index (χ1) is 9.44. The Kier molecular flexibility index (Phi) is 5.30. The predicted octanol–water partition coefficient (Wildman–Crippen LogP) is 4.83. The second kappa shape index (κ2) is 6.61. The second-order valence-corrected chi connectivity index (χ2v) is 7.56. The van der Waals surface area contributed by atoms with Crippen LogP contribution in [0.3, 0.4) is 0 Å². The van der Waals surface area contributed by atoms with E-state index < -0.39 is 0 Å². The molecule has 1 aliphatic carbocycles. The number of hydrogen-bond acceptors (Lipinski definition) is 1. The number of amides is 1. The lowest BCUT2D eigenvalue weighted by atomic mass is 9.77. The van der Waals surface area contributed by atoms with Crippen LogP contribution in [0.1, 0.15) is 48.5 Å². The lowest BCUT2D eigenvalue weighted by molar-refractivity contribution is 0.0869. The molecule has 1 aliphatic rings. The third kappa shape index (κ3) is 3.85. The third-order valence-electron chi connectivity index (χ3n) is 4.03. The van der Waals surface area contributed by atoms with Gasteiger partial charge in [0, 0.05) is 15.4 Å². The summed E-state index contributed by atoms with van der Waals surface area (Å²) in [5, 5.41) is 4.10. The Hall–Kier alpha value is -0.350. The fourth-order valence-electron chi connectivity index (χ4n) is 3.11. The molecule has 2 rings (SSSR count). The minimum Gasteiger partial charge on any atom is -0.346 e. The number of nitrogens with one attached hydrogen (secondary N) is 1. The highest BCUT2D eigenvalue weighted by Gasteiger charge is 2.35. The Morgan fingerprint density at radius 2 is 2.20 bits per heavy atom. The van der Waals surface area contributed by atoms with Crippen LogP contribution in [-0.2, 0) is 0 Å². The van der Waals surface area contributed by atoms with Crippen molar-refractivity contribution in [2.45, 2.75) is 45.1 Å². The zero-order valence-electron chi connectivity index (χ0n) is 12.0. The number of rotatable bonds is 3. The van der Waals surface area contributed by atoms with Gasteiger partial charge in [-0.2, -0.15) is 0 Å². The maximum atomic E-state index is 12.5. The van der Waals surface area contributed by atoms with Crippen molar-refractivity contribution < 1.29 is 4.79 Å². The first-order valence-corrected chi connectivity index (χ1v) is 9.01. The van der Waals surface area contributed by atoms with Crippen LogP contribution in [0.25, 0.3) is 0 Å². The summed E-state index contributed by atoms with van der Waals surface area (Å²) in [5.74, 6) is 0.703. The molecule has 0 saturated heterocycles. The number of carbonyl (C=O) groups excluding carboxylic acids is 1. The molecule has 110 valence electrons. The summed E-state index contributed by atoms with van der Waals surface area (Å²) in [5.41, 5.74) is 1.73. The predicted molar refractivity (Wildman–Crippen MR) is 90.5 cm³/mol. The monoisotopic (exact) mass is 401 g/mol. The van der Waals surface area contributed by atoms with Crippen molar-refractivity contribution in [2.75, 3.05) is 5.33 Å². The van der Waals surface area contributed by atoms with Crippen LogP contribution in [0.15, 0.2) is 22.7 Å². The van der Waals surface area contributed by atoms with Gasteiger partial charge in [-0.25, -0.2) is 0 Å². The summed E-state index contributed by atoms with van der Waals surface area (Å²) in [7, 11) is 0. The second-order valence-electron chi connectivity index (χ2n) is 6.09. The van der Waals surface area contributed by atoms with E-state index in [1.165, 1.54) is 12.8 Å². The Morgan fingerprint density at radius 3 is 2.80 bits per heavy atom. The van der Waals surface area contributed by atoms with E-state index >= 15 is 0 Å². The molecule has 4 heteroatoms. The number of halogens is 2. The summed E-state index contributed by atoms with van der Waals surface area (Å²) in [6.45, 7) is 4.27. The number of hydrogen-bond donors (Lipinski definition) is 1. The van der Waals surface area contributed by atoms with E-state index in [0.29, 0.717) is 5.92 Å². The average Bonchev–Trinajstić information content (AvgIpc) is 2.37. The molecule has 20 heavy (non-hydrogen) atoms. The largest absolute Gasteiger partial charge is 0.346 e. The van der Waals surface area contributed by atoms with E-state index in [2.05, 4.69) is 44.1 Å². The summed E-state index contributed by atoms with van der Waals surface area (Å²) in [6.07, 6.45) is 4.56. The topological polar surface area (TPSA) is 29.1 Å². The molecule has 2 nitrogen and oxygen atoms in total. The Labute approximate surface area is 138 Å². The van der Waals surface area contributed by atoms with E-state index in [0.717, 1.165) is 33.8 Å². The van der Waals surface area contributed by atoms with Crippen LogP contribution >= 0.6 is 31.9 Å². The van der Waals surface area contributed by atoms with Gasteiger partial charge in [0.25, 0.3) is 5.91 Å². The quantitative estimate of drug-likeness (QED) is 0.720. The molecule has 0 heterocycles. The number of aryl methyl sites for hydroxylation is 1. The SMILES string of the molecule is Cc1cc(Br)cc(C(=O)NC2(CBr)CCCC(C)C2)c1. The van der Waals surface area contributed by atoms with Crippen LogP contribution < -0.4 is 5.32 Å². The first kappa shape index (κ1) is 16.0. The standard InChI is InChI=1S/C16H21Br2NO/c1-11-4-3-5-16(9-11,10-17)19-15(20)13-6-12(2)7-14(18)8-13/h6-8,11H,3-5,9-10H2,1-2H3,(H,19,20). The molecule has 1 N–H and O–H groups in total. The highest BCUT2D eigenvalue weighted by molar-refractivity contribution is 9.10. The van der Waals surface area contributed by atoms with Crippen molar-refractivity contribution in [3.63, 3.8) is 0 Å². The van der Waals surface area contributed by atoms with E-state index in [1.807, 2.05) is 25.1 Å². The fraction of sp³-hybridized carbons (Fsp3) is 0.562. The summed E-state index contributed by atoms with van der Waals surface area (Å²) < 4.78 is 0.951. The van der Waals surface area contributed by atoms with E-state index in [4.69, 9.17) is 0 Å². The van der Waals surface area contributed by atoms with Gasteiger partial charge in [0.15, 0.2) is 0 Å². The highest BCUT2D eigenvalue weighted by atomic mass is 79.9. The molecular weight excluding hydrogens is 382 g/mol. The maximum Gasteiger partial charge on any atom is 0.251 e. The molecule has 1 fully saturated rings. The van der Waals surface area contributed by atoms with Gasteiger partial charge in [-0.05, 0) is 49.4 Å². The molecule has 0 bridgehead atoms. The average molecular weight is 403 g/mol. The molecule has 1 saturated carbocycles. The minimum atomic E-state index is -0.0923. The van der Waals surface area contributed by atoms with Crippen molar-refractivity contribution >= 4 is 37.8 Å². The molecule has 0 aromatic heterocycles. The van der Waals surface area contributed by atoms with E-state index in [-0.39, 0.29) is 11.4 Å². The molecule has 0 radical (unpaired) electrons. The lowest BCUT2D eigenvalue weighted by Gasteiger charge is -2.39. The van der Waals surface area contributed by atoms with Crippen molar-refractivity contribution in [1.82, 2.24) is 5.32 Å². The van der Waals surface area contributed by atoms with Gasteiger partial charge in [0.05, 0.1) is 5.54 Å². The Morgan fingerprint density at radius 1 is 1.45 bits per heavy atom. The fourth-order valence-corrected chi connectivity index (χ4v) is 4.37. The van der Waals surface area contributed by atoms with Crippen LogP contribution in [0.5, 0.6) is 0 Å². The summed E-state index contributed by atoms with van der Waals surface area (Å²) in [4.78, 5) is 12.5. The van der Waals surface area contributed by atoms with Crippen molar-refractivity contribution in [2.24, 2.45) is 5.92 Å². The van der Waals surface area contributed by atoms with Gasteiger partial charge < -0.3 is 5.32 Å². The minimum absolute atomic E-state index is 0.0305. The molecule has 1 aromatic rings. The van der Waals surface area contributed by atoms with Crippen LogP contribution in [0, 0.1) is 12.8 Å². The molecule has 1 amide bonds. The van der Waals surface area contributed by atoms with Crippen molar-refractivity contribution in [3.05, 3.63) is 33.8 Å². The summed E-state index contributed by atoms with van der Waals surface area (Å²) >= 11 is 7.06. The molecule has 0 spiro atoms. The molecular formula is C16H21Br2NO. The highest BCUT2D eigenvalue weighted by Crippen LogP contribution is 2.34. The first-order valence-electron chi connectivity index (χ1n) is 7.10. The molecule has 0 aliphatic heterocycles. The number of carbonyl (C=O) groups is 1. The van der Waals surface area contributed by atoms with Gasteiger partial charge in [-0.3, -0.25) is 4.79 Å². The van der Waals surface area contributed by atoms with Crippen LogP contribution in [0.2, 0.25) is 0 Å². The van der Waals surface area contributed by atoms with E-state index in [1.54, 1.807) is 0 Å². The summed E-state index contributed by atoms with van der Waals surface area (Å²) in [6, 6.07) is 5.84. The smallest absolute Gasteiger partial charge is 0.251 e. The number of benzene rings is 1. The normalized spacial score (nSPS) is 26.3. The Balaban J connectivity index is 2.16. The lowest BCUT2D eigenvalue weighted by Crippen LogP contribution is -2.52. The van der Waals surface area contributed by atoms with Gasteiger partial charge in [0.1, 0.15) is 0 Å². The van der Waals surface area contributed by atoms with Crippen LogP contribution in [0.4, 0.5) is 0 Å². The number of alkyl halides is 1. The maximum absolute atomic E-state index is 12.5. The molecule has 1 aromatic carbocycles. The molecule has 2 atom stereocenters.